The van der Waals surface area contributed by atoms with Gasteiger partial charge in [0, 0.05) is 62.0 Å². The van der Waals surface area contributed by atoms with Gasteiger partial charge in [0.15, 0.2) is 0 Å². The summed E-state index contributed by atoms with van der Waals surface area (Å²) in [5, 5.41) is 9.37. The van der Waals surface area contributed by atoms with Gasteiger partial charge in [0.25, 0.3) is 5.91 Å². The average Bonchev–Trinajstić information content (AvgIpc) is 3.59. The zero-order chi connectivity index (χ0) is 32.1. The standard InChI is InChI=1S/C35H52N4O4S/c1-7-21-37(22-8-2)31(41)28-29-32(42)39(24-13-12-14-25-40)30(35(29)20-19-34(28,6)44-35)33(43)38(23-9-3)27-17-15-26(16-18-27)36(10-4)11-5/h7,9,15-18,28-30,40H,1,3,8,10-14,19-25H2,2,4-6H3/t28-,29+,30?,34+,35?/m1/s1. The third kappa shape index (κ3) is 6.06. The number of carbonyl (C=O) groups is 3. The zero-order valence-corrected chi connectivity index (χ0v) is 28.0. The highest BCUT2D eigenvalue weighted by Gasteiger charge is 2.77. The van der Waals surface area contributed by atoms with Gasteiger partial charge in [-0.2, -0.15) is 0 Å². The van der Waals surface area contributed by atoms with Crippen molar-refractivity contribution >= 4 is 40.9 Å². The Morgan fingerprint density at radius 1 is 1.00 bits per heavy atom. The van der Waals surface area contributed by atoms with Crippen LogP contribution in [-0.4, -0.2) is 94.0 Å². The minimum absolute atomic E-state index is 0.00458. The molecule has 3 aliphatic heterocycles. The number of nitrogens with zero attached hydrogens (tertiary/aromatic N) is 4. The van der Waals surface area contributed by atoms with Crippen LogP contribution in [0.3, 0.4) is 0 Å². The summed E-state index contributed by atoms with van der Waals surface area (Å²) in [6, 6.07) is 7.38. The fourth-order valence-electron chi connectivity index (χ4n) is 7.84. The number of aliphatic hydroxyl groups excluding tert-OH is 1. The highest BCUT2D eigenvalue weighted by molar-refractivity contribution is 8.02. The summed E-state index contributed by atoms with van der Waals surface area (Å²) in [7, 11) is 0. The molecule has 8 nitrogen and oxygen atoms in total. The Labute approximate surface area is 268 Å². The normalized spacial score (nSPS) is 26.9. The molecule has 2 unspecified atom stereocenters. The molecule has 5 atom stereocenters. The van der Waals surface area contributed by atoms with Gasteiger partial charge in [0.05, 0.1) is 16.6 Å². The van der Waals surface area contributed by atoms with Gasteiger partial charge in [-0.1, -0.05) is 19.1 Å². The van der Waals surface area contributed by atoms with Crippen molar-refractivity contribution in [3.63, 3.8) is 0 Å². The van der Waals surface area contributed by atoms with E-state index < -0.39 is 27.4 Å². The SMILES string of the molecule is C=CCN(CCC)C(=O)[C@H]1[C@H]2C(=O)N(CCCCCO)C(C(=O)N(CC=C)c3ccc(N(CC)CC)cc3)C23CC[C@]1(C)S3. The molecule has 0 aromatic heterocycles. The van der Waals surface area contributed by atoms with Crippen molar-refractivity contribution in [3.05, 3.63) is 49.6 Å². The van der Waals surface area contributed by atoms with E-state index in [4.69, 9.17) is 0 Å². The molecular formula is C35H52N4O4S. The average molecular weight is 625 g/mol. The minimum Gasteiger partial charge on any atom is -0.396 e. The second-order valence-corrected chi connectivity index (χ2v) is 14.4. The van der Waals surface area contributed by atoms with Crippen molar-refractivity contribution in [2.45, 2.75) is 81.8 Å². The fraction of sp³-hybridized carbons (Fsp3) is 0.629. The number of thioether (sulfide) groups is 1. The van der Waals surface area contributed by atoms with Crippen molar-refractivity contribution in [2.24, 2.45) is 11.8 Å². The van der Waals surface area contributed by atoms with Gasteiger partial charge in [-0.25, -0.2) is 0 Å². The van der Waals surface area contributed by atoms with Gasteiger partial charge < -0.3 is 24.7 Å². The monoisotopic (exact) mass is 624 g/mol. The third-order valence-electron chi connectivity index (χ3n) is 9.86. The van der Waals surface area contributed by atoms with Crippen LogP contribution in [0.15, 0.2) is 49.6 Å². The summed E-state index contributed by atoms with van der Waals surface area (Å²) in [4.78, 5) is 51.3. The van der Waals surface area contributed by atoms with E-state index in [-0.39, 0.29) is 24.3 Å². The molecule has 2 bridgehead atoms. The predicted molar refractivity (Wildman–Crippen MR) is 181 cm³/mol. The number of carbonyl (C=O) groups excluding carboxylic acids is 3. The van der Waals surface area contributed by atoms with Gasteiger partial charge in [0.2, 0.25) is 11.8 Å². The van der Waals surface area contributed by atoms with E-state index in [1.807, 2.05) is 29.2 Å². The van der Waals surface area contributed by atoms with Crippen LogP contribution in [-0.2, 0) is 14.4 Å². The van der Waals surface area contributed by atoms with Crippen LogP contribution in [0.25, 0.3) is 0 Å². The molecule has 3 aliphatic rings. The zero-order valence-electron chi connectivity index (χ0n) is 27.2. The van der Waals surface area contributed by atoms with Crippen LogP contribution < -0.4 is 9.80 Å². The molecule has 3 heterocycles. The van der Waals surface area contributed by atoms with Crippen LogP contribution in [0.2, 0.25) is 0 Å². The lowest BCUT2D eigenvalue weighted by Crippen LogP contribution is -2.55. The molecule has 1 aromatic carbocycles. The number of anilines is 2. The van der Waals surface area contributed by atoms with Gasteiger partial charge in [-0.05, 0) is 83.6 Å². The molecule has 1 aromatic rings. The van der Waals surface area contributed by atoms with Gasteiger partial charge in [-0.3, -0.25) is 14.4 Å². The molecule has 44 heavy (non-hydrogen) atoms. The van der Waals surface area contributed by atoms with Crippen LogP contribution >= 0.6 is 11.8 Å². The molecule has 3 saturated heterocycles. The minimum atomic E-state index is -0.680. The van der Waals surface area contributed by atoms with E-state index in [0.29, 0.717) is 39.0 Å². The first kappa shape index (κ1) is 34.1. The predicted octanol–water partition coefficient (Wildman–Crippen LogP) is 5.12. The summed E-state index contributed by atoms with van der Waals surface area (Å²) in [6.07, 6.45) is 7.92. The molecule has 0 radical (unpaired) electrons. The lowest BCUT2D eigenvalue weighted by molar-refractivity contribution is -0.145. The largest absolute Gasteiger partial charge is 0.396 e. The van der Waals surface area contributed by atoms with Crippen molar-refractivity contribution in [1.29, 1.82) is 0 Å². The first-order chi connectivity index (χ1) is 21.2. The molecule has 0 aliphatic carbocycles. The summed E-state index contributed by atoms with van der Waals surface area (Å²) in [5.41, 5.74) is 1.87. The van der Waals surface area contributed by atoms with E-state index in [1.165, 1.54) is 0 Å². The summed E-state index contributed by atoms with van der Waals surface area (Å²) < 4.78 is -1.09. The molecule has 1 spiro atoms. The second kappa shape index (κ2) is 14.5. The van der Waals surface area contributed by atoms with Crippen molar-refractivity contribution < 1.29 is 19.5 Å². The van der Waals surface area contributed by atoms with E-state index in [1.54, 1.807) is 33.7 Å². The number of unbranched alkanes of at least 4 members (excludes halogenated alkanes) is 2. The smallest absolute Gasteiger partial charge is 0.251 e. The van der Waals surface area contributed by atoms with Crippen molar-refractivity contribution in [1.82, 2.24) is 9.80 Å². The van der Waals surface area contributed by atoms with Gasteiger partial charge in [0.1, 0.15) is 6.04 Å². The number of hydrogen-bond acceptors (Lipinski definition) is 6. The molecule has 4 rings (SSSR count). The Balaban J connectivity index is 1.75. The Bertz CT molecular complexity index is 1200. The Morgan fingerprint density at radius 3 is 2.25 bits per heavy atom. The molecule has 9 heteroatoms. The molecular weight excluding hydrogens is 572 g/mol. The van der Waals surface area contributed by atoms with E-state index in [2.05, 4.69) is 45.8 Å². The Kier molecular flexibility index (Phi) is 11.3. The number of rotatable bonds is 17. The molecule has 1 N–H and O–H groups in total. The van der Waals surface area contributed by atoms with Gasteiger partial charge >= 0.3 is 0 Å². The summed E-state index contributed by atoms with van der Waals surface area (Å²) >= 11 is 1.72. The van der Waals surface area contributed by atoms with E-state index in [9.17, 15) is 19.5 Å². The molecule has 3 fully saturated rings. The fourth-order valence-corrected chi connectivity index (χ4v) is 10.2. The second-order valence-electron chi connectivity index (χ2n) is 12.5. The molecule has 0 saturated carbocycles. The quantitative estimate of drug-likeness (QED) is 0.191. The number of benzene rings is 1. The highest BCUT2D eigenvalue weighted by atomic mass is 32.2. The lowest BCUT2D eigenvalue weighted by atomic mass is 9.66. The van der Waals surface area contributed by atoms with Crippen LogP contribution in [0, 0.1) is 11.8 Å². The number of amides is 3. The van der Waals surface area contributed by atoms with Crippen LogP contribution in [0.5, 0.6) is 0 Å². The van der Waals surface area contributed by atoms with Crippen molar-refractivity contribution in [2.75, 3.05) is 55.7 Å². The van der Waals surface area contributed by atoms with E-state index in [0.717, 1.165) is 50.1 Å². The molecule has 242 valence electrons. The first-order valence-corrected chi connectivity index (χ1v) is 17.3. The summed E-state index contributed by atoms with van der Waals surface area (Å²) in [6.45, 7) is 19.9. The maximum atomic E-state index is 14.9. The number of hydrogen-bond donors (Lipinski definition) is 1. The number of fused-ring (bicyclic) bond motifs is 1. The van der Waals surface area contributed by atoms with Crippen molar-refractivity contribution in [3.8, 4) is 0 Å². The Morgan fingerprint density at radius 2 is 1.66 bits per heavy atom. The lowest BCUT2D eigenvalue weighted by Gasteiger charge is -2.38. The van der Waals surface area contributed by atoms with E-state index >= 15 is 0 Å². The van der Waals surface area contributed by atoms with Gasteiger partial charge in [-0.15, -0.1) is 24.9 Å². The summed E-state index contributed by atoms with van der Waals surface area (Å²) in [5.74, 6) is -1.22. The number of aliphatic hydroxyl groups is 1. The van der Waals surface area contributed by atoms with Crippen LogP contribution in [0.4, 0.5) is 11.4 Å². The molecule has 3 amide bonds. The first-order valence-electron chi connectivity index (χ1n) is 16.5. The highest BCUT2D eigenvalue weighted by Crippen LogP contribution is 2.71. The van der Waals surface area contributed by atoms with Crippen LogP contribution in [0.1, 0.15) is 66.2 Å². The Hall–Kier alpha value is -2.78. The topological polar surface area (TPSA) is 84.4 Å². The maximum absolute atomic E-state index is 14.9. The maximum Gasteiger partial charge on any atom is 0.251 e. The third-order valence-corrected chi connectivity index (χ3v) is 11.8. The number of likely N-dealkylation sites (tertiary alicyclic amines) is 1.